The molecule has 0 bridgehead atoms. The highest BCUT2D eigenvalue weighted by Gasteiger charge is 2.23. The normalized spacial score (nSPS) is 14.6. The van der Waals surface area contributed by atoms with Gasteiger partial charge in [-0.2, -0.15) is 0 Å². The van der Waals surface area contributed by atoms with Gasteiger partial charge in [0.2, 0.25) is 11.8 Å². The van der Waals surface area contributed by atoms with Gasteiger partial charge in [-0.1, -0.05) is 6.92 Å². The number of nitrogens with one attached hydrogen (secondary N) is 1. The van der Waals surface area contributed by atoms with E-state index in [1.54, 1.807) is 6.07 Å². The standard InChI is InChI=1S/C19H25N5O4/c1-3-10-27-17-5-4-15(13(2)22-17)23-16-11-18(21-12-20-16)28-14-6-8-24(9-7-14)19(25)26/h4-5,11-12,14H,3,6-10H2,1-2H3,(H,25,26)(H,20,21,23). The number of hydrogen-bond donors (Lipinski definition) is 2. The first-order valence-corrected chi connectivity index (χ1v) is 9.39. The van der Waals surface area contributed by atoms with Crippen LogP contribution >= 0.6 is 0 Å². The van der Waals surface area contributed by atoms with E-state index in [1.807, 2.05) is 26.0 Å². The molecule has 9 nitrogen and oxygen atoms in total. The smallest absolute Gasteiger partial charge is 0.407 e. The van der Waals surface area contributed by atoms with Crippen molar-refractivity contribution in [3.8, 4) is 11.8 Å². The van der Waals surface area contributed by atoms with Crippen LogP contribution in [0.2, 0.25) is 0 Å². The third-order valence-electron chi connectivity index (χ3n) is 4.42. The summed E-state index contributed by atoms with van der Waals surface area (Å²) in [5.74, 6) is 1.66. The van der Waals surface area contributed by atoms with Gasteiger partial charge >= 0.3 is 6.09 Å². The molecule has 0 atom stereocenters. The predicted molar refractivity (Wildman–Crippen MR) is 103 cm³/mol. The van der Waals surface area contributed by atoms with E-state index in [4.69, 9.17) is 14.6 Å². The lowest BCUT2D eigenvalue weighted by Crippen LogP contribution is -2.41. The van der Waals surface area contributed by atoms with Gasteiger partial charge in [-0.3, -0.25) is 0 Å². The summed E-state index contributed by atoms with van der Waals surface area (Å²) in [6.07, 6.45) is 2.70. The van der Waals surface area contributed by atoms with Gasteiger partial charge in [-0.25, -0.2) is 19.7 Å². The van der Waals surface area contributed by atoms with E-state index in [9.17, 15) is 4.79 Å². The first kappa shape index (κ1) is 19.7. The number of carboxylic acid groups (broad SMARTS) is 1. The van der Waals surface area contributed by atoms with Crippen molar-refractivity contribution in [1.82, 2.24) is 19.9 Å². The van der Waals surface area contributed by atoms with E-state index in [1.165, 1.54) is 11.2 Å². The number of ether oxygens (including phenoxy) is 2. The maximum atomic E-state index is 11.0. The maximum Gasteiger partial charge on any atom is 0.407 e. The molecule has 28 heavy (non-hydrogen) atoms. The molecule has 0 radical (unpaired) electrons. The zero-order valence-electron chi connectivity index (χ0n) is 16.1. The predicted octanol–water partition coefficient (Wildman–Crippen LogP) is 3.23. The number of aromatic nitrogens is 3. The summed E-state index contributed by atoms with van der Waals surface area (Å²) in [5.41, 5.74) is 1.62. The van der Waals surface area contributed by atoms with Crippen LogP contribution in [-0.4, -0.2) is 56.9 Å². The number of likely N-dealkylation sites (tertiary alicyclic amines) is 1. The fourth-order valence-corrected chi connectivity index (χ4v) is 2.90. The first-order valence-electron chi connectivity index (χ1n) is 9.39. The van der Waals surface area contributed by atoms with Crippen molar-refractivity contribution in [2.45, 2.75) is 39.2 Å². The second kappa shape index (κ2) is 9.20. The molecule has 9 heteroatoms. The van der Waals surface area contributed by atoms with Crippen LogP contribution in [0.4, 0.5) is 16.3 Å². The first-order chi connectivity index (χ1) is 13.5. The summed E-state index contributed by atoms with van der Waals surface area (Å²) < 4.78 is 11.5. The summed E-state index contributed by atoms with van der Waals surface area (Å²) >= 11 is 0. The van der Waals surface area contributed by atoms with Gasteiger partial charge in [0, 0.05) is 38.1 Å². The van der Waals surface area contributed by atoms with Crippen LogP contribution in [0.15, 0.2) is 24.5 Å². The molecule has 0 aromatic carbocycles. The summed E-state index contributed by atoms with van der Waals surface area (Å²) in [6, 6.07) is 5.45. The van der Waals surface area contributed by atoms with Crippen molar-refractivity contribution in [3.05, 3.63) is 30.2 Å². The number of amides is 1. The van der Waals surface area contributed by atoms with Gasteiger partial charge in [-0.15, -0.1) is 0 Å². The Labute approximate surface area is 163 Å². The molecule has 1 fully saturated rings. The number of nitrogens with zero attached hydrogens (tertiary/aromatic N) is 4. The molecule has 0 unspecified atom stereocenters. The Morgan fingerprint density at radius 3 is 2.75 bits per heavy atom. The molecule has 1 aliphatic heterocycles. The molecule has 0 aliphatic carbocycles. The van der Waals surface area contributed by atoms with E-state index < -0.39 is 6.09 Å². The third-order valence-corrected chi connectivity index (χ3v) is 4.42. The fraction of sp³-hybridized carbons (Fsp3) is 0.474. The van der Waals surface area contributed by atoms with Crippen molar-refractivity contribution in [3.63, 3.8) is 0 Å². The molecule has 2 aromatic heterocycles. The van der Waals surface area contributed by atoms with Crippen molar-refractivity contribution in [1.29, 1.82) is 0 Å². The highest BCUT2D eigenvalue weighted by atomic mass is 16.5. The lowest BCUT2D eigenvalue weighted by atomic mass is 10.1. The monoisotopic (exact) mass is 387 g/mol. The number of aryl methyl sites for hydroxylation is 1. The van der Waals surface area contributed by atoms with Crippen molar-refractivity contribution in [2.75, 3.05) is 25.0 Å². The van der Waals surface area contributed by atoms with Crippen LogP contribution in [0.25, 0.3) is 0 Å². The summed E-state index contributed by atoms with van der Waals surface area (Å²) in [5, 5.41) is 12.2. The Kier molecular flexibility index (Phi) is 6.46. The fourth-order valence-electron chi connectivity index (χ4n) is 2.90. The van der Waals surface area contributed by atoms with Gasteiger partial charge in [0.25, 0.3) is 0 Å². The Bertz CT molecular complexity index is 809. The summed E-state index contributed by atoms with van der Waals surface area (Å²) in [4.78, 5) is 25.2. The number of anilines is 2. The molecular formula is C19H25N5O4. The molecule has 1 amide bonds. The molecule has 150 valence electrons. The van der Waals surface area contributed by atoms with Crippen LogP contribution in [0.5, 0.6) is 11.8 Å². The van der Waals surface area contributed by atoms with Gasteiger partial charge < -0.3 is 24.8 Å². The summed E-state index contributed by atoms with van der Waals surface area (Å²) in [6.45, 7) is 5.52. The third kappa shape index (κ3) is 5.21. The Morgan fingerprint density at radius 1 is 1.29 bits per heavy atom. The van der Waals surface area contributed by atoms with Crippen LogP contribution in [0.1, 0.15) is 31.9 Å². The largest absolute Gasteiger partial charge is 0.478 e. The molecule has 1 aliphatic rings. The number of pyridine rings is 1. The number of carbonyl (C=O) groups is 1. The quantitative estimate of drug-likeness (QED) is 0.745. The molecular weight excluding hydrogens is 362 g/mol. The van der Waals surface area contributed by atoms with E-state index in [0.717, 1.165) is 17.8 Å². The van der Waals surface area contributed by atoms with Gasteiger partial charge in [-0.05, 0) is 19.4 Å². The van der Waals surface area contributed by atoms with E-state index in [2.05, 4.69) is 20.3 Å². The maximum absolute atomic E-state index is 11.0. The second-order valence-electron chi connectivity index (χ2n) is 6.58. The van der Waals surface area contributed by atoms with Crippen molar-refractivity contribution >= 4 is 17.6 Å². The average molecular weight is 387 g/mol. The second-order valence-corrected chi connectivity index (χ2v) is 6.58. The van der Waals surface area contributed by atoms with E-state index in [-0.39, 0.29) is 6.10 Å². The SMILES string of the molecule is CCCOc1ccc(Nc2cc(OC3CCN(C(=O)O)CC3)ncn2)c(C)n1. The molecule has 0 saturated carbocycles. The van der Waals surface area contributed by atoms with Crippen LogP contribution in [0, 0.1) is 6.92 Å². The zero-order valence-corrected chi connectivity index (χ0v) is 16.1. The van der Waals surface area contributed by atoms with Crippen LogP contribution < -0.4 is 14.8 Å². The molecule has 3 heterocycles. The van der Waals surface area contributed by atoms with Crippen molar-refractivity contribution < 1.29 is 19.4 Å². The molecule has 2 N–H and O–H groups in total. The molecule has 1 saturated heterocycles. The van der Waals surface area contributed by atoms with Crippen LogP contribution in [0.3, 0.4) is 0 Å². The minimum Gasteiger partial charge on any atom is -0.478 e. The highest BCUT2D eigenvalue weighted by Crippen LogP contribution is 2.23. The topological polar surface area (TPSA) is 110 Å². The Balaban J connectivity index is 1.60. The minimum atomic E-state index is -0.887. The van der Waals surface area contributed by atoms with Crippen LogP contribution in [-0.2, 0) is 0 Å². The number of rotatable bonds is 7. The van der Waals surface area contributed by atoms with Gasteiger partial charge in [0.05, 0.1) is 18.0 Å². The van der Waals surface area contributed by atoms with E-state index >= 15 is 0 Å². The van der Waals surface area contributed by atoms with E-state index in [0.29, 0.717) is 50.1 Å². The lowest BCUT2D eigenvalue weighted by Gasteiger charge is -2.29. The molecule has 2 aromatic rings. The minimum absolute atomic E-state index is 0.0586. The Morgan fingerprint density at radius 2 is 2.07 bits per heavy atom. The average Bonchev–Trinajstić information content (AvgIpc) is 2.69. The number of piperidine rings is 1. The summed E-state index contributed by atoms with van der Waals surface area (Å²) in [7, 11) is 0. The highest BCUT2D eigenvalue weighted by molar-refractivity contribution is 5.65. The molecule has 3 rings (SSSR count). The lowest BCUT2D eigenvalue weighted by molar-refractivity contribution is 0.0870. The van der Waals surface area contributed by atoms with Gasteiger partial charge in [0.15, 0.2) is 0 Å². The van der Waals surface area contributed by atoms with Crippen molar-refractivity contribution in [2.24, 2.45) is 0 Å². The molecule has 0 spiro atoms. The number of hydrogen-bond acceptors (Lipinski definition) is 7. The Hall–Kier alpha value is -3.10. The van der Waals surface area contributed by atoms with Gasteiger partial charge in [0.1, 0.15) is 18.2 Å². The zero-order chi connectivity index (χ0) is 19.9.